The fourth-order valence-electron chi connectivity index (χ4n) is 3.32. The smallest absolute Gasteiger partial charge is 0.338 e. The lowest BCUT2D eigenvalue weighted by Gasteiger charge is -2.12. The summed E-state index contributed by atoms with van der Waals surface area (Å²) in [4.78, 5) is 23.6. The molecule has 3 aliphatic rings. The number of esters is 2. The summed E-state index contributed by atoms with van der Waals surface area (Å²) in [5, 5.41) is 0. The second-order valence-electron chi connectivity index (χ2n) is 6.09. The first-order valence-electron chi connectivity index (χ1n) is 7.59. The fraction of sp³-hybridized carbons (Fsp3) is 0.333. The van der Waals surface area contributed by atoms with Gasteiger partial charge >= 0.3 is 11.9 Å². The lowest BCUT2D eigenvalue weighted by Crippen LogP contribution is -2.14. The standard InChI is InChI=1S/C18H16O5/c1-9-10(2)18(23-16(9)19)21-8-14-13-7-11-5-3-4-6-12(11)15(13)22-17(14)20/h3-6,8,13,15,18H,7H2,1-2H3/b14-8+/t13-,15-,18-/m1/s1. The Balaban J connectivity index is 1.57. The summed E-state index contributed by atoms with van der Waals surface area (Å²) in [6.07, 6.45) is 1.16. The number of hydrogen-bond acceptors (Lipinski definition) is 5. The first kappa shape index (κ1) is 14.1. The van der Waals surface area contributed by atoms with Crippen LogP contribution in [0.4, 0.5) is 0 Å². The van der Waals surface area contributed by atoms with Gasteiger partial charge in [-0.15, -0.1) is 0 Å². The van der Waals surface area contributed by atoms with Crippen molar-refractivity contribution in [2.75, 3.05) is 0 Å². The van der Waals surface area contributed by atoms with Crippen molar-refractivity contribution in [2.45, 2.75) is 32.7 Å². The van der Waals surface area contributed by atoms with Gasteiger partial charge in [-0.1, -0.05) is 24.3 Å². The van der Waals surface area contributed by atoms with Gasteiger partial charge in [-0.2, -0.15) is 0 Å². The van der Waals surface area contributed by atoms with Crippen molar-refractivity contribution >= 4 is 11.9 Å². The number of ether oxygens (including phenoxy) is 3. The third kappa shape index (κ3) is 2.07. The molecule has 0 amide bonds. The van der Waals surface area contributed by atoms with E-state index >= 15 is 0 Å². The SMILES string of the molecule is CC1=C(C)[C@H](O/C=C2/C(=O)O[C@@H]3c4ccccc4C[C@H]23)OC1=O. The van der Waals surface area contributed by atoms with E-state index in [1.807, 2.05) is 18.2 Å². The molecule has 5 heteroatoms. The van der Waals surface area contributed by atoms with E-state index in [4.69, 9.17) is 14.2 Å². The minimum atomic E-state index is -0.759. The molecule has 1 aliphatic carbocycles. The third-order valence-electron chi connectivity index (χ3n) is 4.82. The molecule has 23 heavy (non-hydrogen) atoms. The highest BCUT2D eigenvalue weighted by molar-refractivity contribution is 5.92. The molecule has 1 aromatic rings. The molecule has 0 bridgehead atoms. The zero-order valence-electron chi connectivity index (χ0n) is 12.9. The van der Waals surface area contributed by atoms with Crippen LogP contribution in [-0.2, 0) is 30.2 Å². The van der Waals surface area contributed by atoms with Crippen molar-refractivity contribution in [3.8, 4) is 0 Å². The van der Waals surface area contributed by atoms with E-state index < -0.39 is 6.29 Å². The van der Waals surface area contributed by atoms with Crippen molar-refractivity contribution in [3.63, 3.8) is 0 Å². The van der Waals surface area contributed by atoms with Crippen molar-refractivity contribution < 1.29 is 23.8 Å². The monoisotopic (exact) mass is 312 g/mol. The maximum absolute atomic E-state index is 12.1. The second kappa shape index (κ2) is 4.98. The number of hydrogen-bond donors (Lipinski definition) is 0. The summed E-state index contributed by atoms with van der Waals surface area (Å²) in [7, 11) is 0. The Labute approximate surface area is 133 Å². The Hall–Kier alpha value is -2.56. The van der Waals surface area contributed by atoms with Gasteiger partial charge in [0.1, 0.15) is 6.10 Å². The molecule has 0 radical (unpaired) electrons. The summed E-state index contributed by atoms with van der Waals surface area (Å²) in [6, 6.07) is 7.97. The van der Waals surface area contributed by atoms with E-state index in [2.05, 4.69) is 6.07 Å². The van der Waals surface area contributed by atoms with Crippen molar-refractivity contribution in [3.05, 3.63) is 58.4 Å². The largest absolute Gasteiger partial charge is 0.458 e. The molecule has 118 valence electrons. The zero-order valence-corrected chi connectivity index (χ0v) is 12.9. The van der Waals surface area contributed by atoms with Gasteiger partial charge in [-0.05, 0) is 31.4 Å². The Morgan fingerprint density at radius 1 is 1.13 bits per heavy atom. The predicted molar refractivity (Wildman–Crippen MR) is 79.9 cm³/mol. The van der Waals surface area contributed by atoms with Crippen LogP contribution in [0.25, 0.3) is 0 Å². The number of cyclic esters (lactones) is 1. The van der Waals surface area contributed by atoms with Crippen LogP contribution in [0.2, 0.25) is 0 Å². The number of benzene rings is 1. The third-order valence-corrected chi connectivity index (χ3v) is 4.82. The zero-order chi connectivity index (χ0) is 16.1. The van der Waals surface area contributed by atoms with Gasteiger partial charge in [-0.3, -0.25) is 0 Å². The van der Waals surface area contributed by atoms with Crippen LogP contribution in [0.15, 0.2) is 47.2 Å². The Kier molecular flexibility index (Phi) is 3.04. The van der Waals surface area contributed by atoms with E-state index in [0.717, 1.165) is 17.6 Å². The molecular weight excluding hydrogens is 296 g/mol. The molecule has 2 aliphatic heterocycles. The quantitative estimate of drug-likeness (QED) is 0.477. The van der Waals surface area contributed by atoms with Gasteiger partial charge in [0.2, 0.25) is 0 Å². The number of carbonyl (C=O) groups excluding carboxylic acids is 2. The minimum absolute atomic E-state index is 0.0395. The highest BCUT2D eigenvalue weighted by Crippen LogP contribution is 2.47. The molecule has 1 aromatic carbocycles. The van der Waals surface area contributed by atoms with Gasteiger partial charge in [0.25, 0.3) is 6.29 Å². The van der Waals surface area contributed by atoms with Crippen LogP contribution < -0.4 is 0 Å². The molecule has 4 rings (SSSR count). The fourth-order valence-corrected chi connectivity index (χ4v) is 3.32. The maximum atomic E-state index is 12.1. The highest BCUT2D eigenvalue weighted by atomic mass is 16.7. The van der Waals surface area contributed by atoms with E-state index in [1.54, 1.807) is 13.8 Å². The summed E-state index contributed by atoms with van der Waals surface area (Å²) in [5.74, 6) is -0.786. The molecule has 2 heterocycles. The molecule has 1 saturated heterocycles. The number of rotatable bonds is 2. The van der Waals surface area contributed by atoms with Gasteiger partial charge in [0, 0.05) is 17.1 Å². The highest BCUT2D eigenvalue weighted by Gasteiger charge is 2.46. The van der Waals surface area contributed by atoms with Crippen LogP contribution in [0, 0.1) is 5.92 Å². The van der Waals surface area contributed by atoms with Gasteiger partial charge in [-0.25, -0.2) is 9.59 Å². The average molecular weight is 312 g/mol. The topological polar surface area (TPSA) is 61.8 Å². The number of carbonyl (C=O) groups is 2. The van der Waals surface area contributed by atoms with Crippen LogP contribution in [-0.4, -0.2) is 18.2 Å². The molecule has 0 unspecified atom stereocenters. The molecule has 0 aromatic heterocycles. The van der Waals surface area contributed by atoms with Crippen molar-refractivity contribution in [1.82, 2.24) is 0 Å². The van der Waals surface area contributed by atoms with Gasteiger partial charge in [0.05, 0.1) is 11.8 Å². The summed E-state index contributed by atoms with van der Waals surface area (Å²) < 4.78 is 16.2. The van der Waals surface area contributed by atoms with E-state index in [0.29, 0.717) is 11.1 Å². The Morgan fingerprint density at radius 3 is 2.65 bits per heavy atom. The molecule has 5 nitrogen and oxygen atoms in total. The van der Waals surface area contributed by atoms with Crippen LogP contribution in [0.3, 0.4) is 0 Å². The second-order valence-corrected chi connectivity index (χ2v) is 6.09. The first-order valence-corrected chi connectivity index (χ1v) is 7.59. The molecule has 0 spiro atoms. The van der Waals surface area contributed by atoms with Crippen molar-refractivity contribution in [1.29, 1.82) is 0 Å². The lowest BCUT2D eigenvalue weighted by molar-refractivity contribution is -0.153. The molecule has 1 fully saturated rings. The van der Waals surface area contributed by atoms with Crippen LogP contribution >= 0.6 is 0 Å². The summed E-state index contributed by atoms with van der Waals surface area (Å²) in [6.45, 7) is 3.48. The van der Waals surface area contributed by atoms with Crippen molar-refractivity contribution in [2.24, 2.45) is 5.92 Å². The Morgan fingerprint density at radius 2 is 1.91 bits per heavy atom. The maximum Gasteiger partial charge on any atom is 0.338 e. The predicted octanol–water partition coefficient (Wildman–Crippen LogP) is 2.58. The minimum Gasteiger partial charge on any atom is -0.458 e. The van der Waals surface area contributed by atoms with E-state index in [9.17, 15) is 9.59 Å². The van der Waals surface area contributed by atoms with E-state index in [1.165, 1.54) is 11.8 Å². The normalized spacial score (nSPS) is 30.3. The van der Waals surface area contributed by atoms with Crippen LogP contribution in [0.5, 0.6) is 0 Å². The lowest BCUT2D eigenvalue weighted by atomic mass is 9.98. The number of fused-ring (bicyclic) bond motifs is 3. The Bertz CT molecular complexity index is 773. The average Bonchev–Trinajstić information content (AvgIpc) is 3.12. The molecule has 3 atom stereocenters. The van der Waals surface area contributed by atoms with Gasteiger partial charge < -0.3 is 14.2 Å². The first-order chi connectivity index (χ1) is 11.1. The molecule has 0 saturated carbocycles. The van der Waals surface area contributed by atoms with Crippen LogP contribution in [0.1, 0.15) is 31.1 Å². The van der Waals surface area contributed by atoms with E-state index in [-0.39, 0.29) is 24.0 Å². The van der Waals surface area contributed by atoms with Gasteiger partial charge in [0.15, 0.2) is 0 Å². The summed E-state index contributed by atoms with van der Waals surface area (Å²) in [5.41, 5.74) is 4.03. The summed E-state index contributed by atoms with van der Waals surface area (Å²) >= 11 is 0. The molecular formula is C18H16O5. The molecule has 0 N–H and O–H groups in total.